The van der Waals surface area contributed by atoms with Gasteiger partial charge in [-0.1, -0.05) is 66.8 Å². The number of hydrogen-bond donors (Lipinski definition) is 0. The normalized spacial score (nSPS) is 11.2. The third-order valence-electron chi connectivity index (χ3n) is 5.87. The van der Waals surface area contributed by atoms with Gasteiger partial charge in [0.1, 0.15) is 10.5 Å². The van der Waals surface area contributed by atoms with E-state index in [1.165, 1.54) is 16.7 Å². The lowest BCUT2D eigenvalue weighted by Crippen LogP contribution is -2.33. The molecule has 1 amide bonds. The number of aryl methyl sites for hydroxylation is 1. The molecule has 2 aromatic carbocycles. The summed E-state index contributed by atoms with van der Waals surface area (Å²) in [5.74, 6) is -0.514. The van der Waals surface area contributed by atoms with Crippen LogP contribution in [-0.2, 0) is 4.79 Å². The van der Waals surface area contributed by atoms with Gasteiger partial charge in [-0.05, 0) is 56.2 Å². The summed E-state index contributed by atoms with van der Waals surface area (Å²) in [6, 6.07) is 13.8. The van der Waals surface area contributed by atoms with E-state index in [0.717, 1.165) is 47.2 Å². The van der Waals surface area contributed by atoms with E-state index in [-0.39, 0.29) is 22.5 Å². The summed E-state index contributed by atoms with van der Waals surface area (Å²) in [5.41, 5.74) is 1.89. The monoisotopic (exact) mass is 542 g/mol. The minimum Gasteiger partial charge on any atom is -0.342 e. The van der Waals surface area contributed by atoms with Gasteiger partial charge in [0.25, 0.3) is 5.56 Å². The molecule has 0 bridgehead atoms. The number of nitrogens with zero attached hydrogens (tertiary/aromatic N) is 4. The van der Waals surface area contributed by atoms with Gasteiger partial charge < -0.3 is 4.90 Å². The van der Waals surface area contributed by atoms with E-state index < -0.39 is 11.4 Å². The van der Waals surface area contributed by atoms with Gasteiger partial charge in [0, 0.05) is 13.1 Å². The van der Waals surface area contributed by atoms with Gasteiger partial charge in [-0.15, -0.1) is 0 Å². The SMILES string of the molecule is CCCCN(CC)C(=O)CSc1nc2c(sc(=S)n2-c2ccccc2C)c(=O)n1-c1ccccc1F. The third-order valence-corrected chi connectivity index (χ3v) is 8.14. The largest absolute Gasteiger partial charge is 0.342 e. The molecule has 0 saturated heterocycles. The van der Waals surface area contributed by atoms with Crippen molar-refractivity contribution in [1.82, 2.24) is 19.0 Å². The molecule has 4 aromatic rings. The molecule has 10 heteroatoms. The van der Waals surface area contributed by atoms with E-state index in [4.69, 9.17) is 17.2 Å². The quantitative estimate of drug-likeness (QED) is 0.144. The Morgan fingerprint density at radius 3 is 2.47 bits per heavy atom. The topological polar surface area (TPSA) is 60.1 Å². The first kappa shape index (κ1) is 26.2. The fourth-order valence-corrected chi connectivity index (χ4v) is 6.12. The van der Waals surface area contributed by atoms with Crippen LogP contribution in [0.5, 0.6) is 0 Å². The fourth-order valence-electron chi connectivity index (χ4n) is 3.93. The molecule has 0 atom stereocenters. The number of halogens is 1. The lowest BCUT2D eigenvalue weighted by Gasteiger charge is -2.20. The summed E-state index contributed by atoms with van der Waals surface area (Å²) in [6.07, 6.45) is 1.91. The van der Waals surface area contributed by atoms with Crippen LogP contribution in [0.25, 0.3) is 21.7 Å². The second kappa shape index (κ2) is 11.5. The van der Waals surface area contributed by atoms with E-state index in [9.17, 15) is 14.0 Å². The number of carbonyl (C=O) groups is 1. The van der Waals surface area contributed by atoms with Crippen molar-refractivity contribution in [3.05, 3.63) is 74.2 Å². The van der Waals surface area contributed by atoms with Gasteiger partial charge in [-0.25, -0.2) is 9.37 Å². The first-order valence-electron chi connectivity index (χ1n) is 11.8. The highest BCUT2D eigenvalue weighted by Crippen LogP contribution is 2.29. The minimum absolute atomic E-state index is 0.0496. The van der Waals surface area contributed by atoms with Crippen LogP contribution in [0.2, 0.25) is 0 Å². The Morgan fingerprint density at radius 1 is 1.11 bits per heavy atom. The van der Waals surface area contributed by atoms with Gasteiger partial charge in [0.05, 0.1) is 17.1 Å². The van der Waals surface area contributed by atoms with Crippen LogP contribution in [0, 0.1) is 16.7 Å². The van der Waals surface area contributed by atoms with Crippen LogP contribution in [0.1, 0.15) is 32.3 Å². The average molecular weight is 543 g/mol. The molecule has 0 aliphatic carbocycles. The molecule has 2 heterocycles. The molecule has 188 valence electrons. The fraction of sp³-hybridized carbons (Fsp3) is 0.308. The highest BCUT2D eigenvalue weighted by Gasteiger charge is 2.22. The standard InChI is InChI=1S/C26H27FN4O2S3/c1-4-6-15-29(5-2)21(32)16-35-25-28-23-22(24(33)31(25)20-14-10-8-12-18(20)27)36-26(34)30(23)19-13-9-7-11-17(19)3/h7-14H,4-6,15-16H2,1-3H3. The molecular formula is C26H27FN4O2S3. The zero-order valence-electron chi connectivity index (χ0n) is 20.4. The molecule has 0 unspecified atom stereocenters. The van der Waals surface area contributed by atoms with Gasteiger partial charge >= 0.3 is 0 Å². The smallest absolute Gasteiger partial charge is 0.278 e. The Labute approximate surface area is 222 Å². The van der Waals surface area contributed by atoms with Crippen molar-refractivity contribution >= 4 is 51.6 Å². The maximum atomic E-state index is 14.9. The van der Waals surface area contributed by atoms with Crippen molar-refractivity contribution in [3.8, 4) is 11.4 Å². The van der Waals surface area contributed by atoms with Crippen molar-refractivity contribution < 1.29 is 9.18 Å². The Balaban J connectivity index is 1.88. The van der Waals surface area contributed by atoms with Crippen LogP contribution in [-0.4, -0.2) is 43.8 Å². The number of hydrogen-bond acceptors (Lipinski definition) is 6. The number of rotatable bonds is 9. The molecule has 0 N–H and O–H groups in total. The van der Waals surface area contributed by atoms with Gasteiger partial charge in [-0.2, -0.15) is 0 Å². The lowest BCUT2D eigenvalue weighted by molar-refractivity contribution is -0.128. The zero-order valence-corrected chi connectivity index (χ0v) is 22.8. The lowest BCUT2D eigenvalue weighted by atomic mass is 10.2. The molecule has 4 rings (SSSR count). The molecular weight excluding hydrogens is 516 g/mol. The van der Waals surface area contributed by atoms with E-state index in [0.29, 0.717) is 27.4 Å². The van der Waals surface area contributed by atoms with Crippen LogP contribution in [0.3, 0.4) is 0 Å². The maximum Gasteiger partial charge on any atom is 0.278 e. The van der Waals surface area contributed by atoms with Gasteiger partial charge in [0.2, 0.25) is 5.91 Å². The number of benzene rings is 2. The molecule has 0 aliphatic rings. The Kier molecular flexibility index (Phi) is 8.38. The van der Waals surface area contributed by atoms with E-state index in [1.54, 1.807) is 21.6 Å². The predicted octanol–water partition coefficient (Wildman–Crippen LogP) is 6.16. The Bertz CT molecular complexity index is 1530. The summed E-state index contributed by atoms with van der Waals surface area (Å²) in [5, 5.41) is 0.243. The van der Waals surface area contributed by atoms with Crippen molar-refractivity contribution in [1.29, 1.82) is 0 Å². The number of thiazole rings is 1. The van der Waals surface area contributed by atoms with Crippen molar-refractivity contribution in [2.45, 2.75) is 38.8 Å². The molecule has 0 saturated carbocycles. The van der Waals surface area contributed by atoms with E-state index in [2.05, 4.69) is 6.92 Å². The Morgan fingerprint density at radius 2 is 1.81 bits per heavy atom. The highest BCUT2D eigenvalue weighted by atomic mass is 32.2. The maximum absolute atomic E-state index is 14.9. The summed E-state index contributed by atoms with van der Waals surface area (Å²) >= 11 is 7.91. The third kappa shape index (κ3) is 5.16. The summed E-state index contributed by atoms with van der Waals surface area (Å²) < 4.78 is 18.7. The van der Waals surface area contributed by atoms with Gasteiger partial charge in [-0.3, -0.25) is 18.7 Å². The minimum atomic E-state index is -0.547. The van der Waals surface area contributed by atoms with Crippen LogP contribution >= 0.6 is 35.3 Å². The molecule has 2 aromatic heterocycles. The van der Waals surface area contributed by atoms with Crippen LogP contribution in [0.4, 0.5) is 4.39 Å². The molecule has 0 aliphatic heterocycles. The molecule has 0 spiro atoms. The second-order valence-corrected chi connectivity index (χ2v) is 10.8. The van der Waals surface area contributed by atoms with E-state index in [1.807, 2.05) is 38.1 Å². The van der Waals surface area contributed by atoms with Gasteiger partial charge in [0.15, 0.2) is 14.8 Å². The summed E-state index contributed by atoms with van der Waals surface area (Å²) in [7, 11) is 0. The second-order valence-electron chi connectivity index (χ2n) is 8.24. The number of thioether (sulfide) groups is 1. The predicted molar refractivity (Wildman–Crippen MR) is 148 cm³/mol. The van der Waals surface area contributed by atoms with Crippen LogP contribution < -0.4 is 5.56 Å². The van der Waals surface area contributed by atoms with Crippen molar-refractivity contribution in [3.63, 3.8) is 0 Å². The molecule has 36 heavy (non-hydrogen) atoms. The number of fused-ring (bicyclic) bond motifs is 1. The molecule has 0 radical (unpaired) electrons. The number of unbranched alkanes of at least 4 members (excludes halogenated alkanes) is 1. The van der Waals surface area contributed by atoms with Crippen LogP contribution in [0.15, 0.2) is 58.5 Å². The van der Waals surface area contributed by atoms with Crippen molar-refractivity contribution in [2.24, 2.45) is 0 Å². The number of amides is 1. The average Bonchev–Trinajstić information content (AvgIpc) is 3.20. The first-order chi connectivity index (χ1) is 17.4. The number of para-hydroxylation sites is 2. The first-order valence-corrected chi connectivity index (χ1v) is 14.0. The van der Waals surface area contributed by atoms with Crippen molar-refractivity contribution in [2.75, 3.05) is 18.8 Å². The zero-order chi connectivity index (χ0) is 25.8. The Hall–Kier alpha value is -2.82. The number of aromatic nitrogens is 3. The number of carbonyl (C=O) groups excluding carboxylic acids is 1. The summed E-state index contributed by atoms with van der Waals surface area (Å²) in [6.45, 7) is 7.26. The molecule has 0 fully saturated rings. The highest BCUT2D eigenvalue weighted by molar-refractivity contribution is 7.99. The molecule has 6 nitrogen and oxygen atoms in total. The summed E-state index contributed by atoms with van der Waals surface area (Å²) in [4.78, 5) is 33.3. The van der Waals surface area contributed by atoms with E-state index >= 15 is 0 Å².